The molecular formula is C12H26N2O2S. The minimum atomic E-state index is -3.21. The lowest BCUT2D eigenvalue weighted by molar-refractivity contribution is 0.357. The number of sulfonamides is 1. The normalized spacial score (nSPS) is 19.5. The second-order valence-electron chi connectivity index (χ2n) is 5.10. The molecule has 0 spiro atoms. The van der Waals surface area contributed by atoms with E-state index < -0.39 is 15.6 Å². The lowest BCUT2D eigenvalue weighted by Crippen LogP contribution is -2.55. The van der Waals surface area contributed by atoms with Gasteiger partial charge in [-0.15, -0.1) is 0 Å². The highest BCUT2D eigenvalue weighted by molar-refractivity contribution is 7.90. The summed E-state index contributed by atoms with van der Waals surface area (Å²) < 4.78 is 27.5. The Hall–Kier alpha value is -0.130. The van der Waals surface area contributed by atoms with E-state index in [4.69, 9.17) is 5.73 Å². The molecule has 0 aromatic heterocycles. The predicted molar refractivity (Wildman–Crippen MR) is 71.3 cm³/mol. The summed E-state index contributed by atoms with van der Waals surface area (Å²) in [6.45, 7) is 4.34. The van der Waals surface area contributed by atoms with Gasteiger partial charge in [0.25, 0.3) is 0 Å². The Labute approximate surface area is 105 Å². The summed E-state index contributed by atoms with van der Waals surface area (Å²) in [5.74, 6) is 0. The van der Waals surface area contributed by atoms with Gasteiger partial charge in [0, 0.05) is 12.1 Å². The fourth-order valence-electron chi connectivity index (χ4n) is 2.49. The number of hydrogen-bond acceptors (Lipinski definition) is 3. The summed E-state index contributed by atoms with van der Waals surface area (Å²) in [5, 5.41) is -0.208. The molecular weight excluding hydrogens is 236 g/mol. The lowest BCUT2D eigenvalue weighted by Gasteiger charge is -2.34. The maximum absolute atomic E-state index is 12.3. The summed E-state index contributed by atoms with van der Waals surface area (Å²) >= 11 is 0. The summed E-state index contributed by atoms with van der Waals surface area (Å²) in [4.78, 5) is 0. The van der Waals surface area contributed by atoms with Crippen molar-refractivity contribution in [3.05, 3.63) is 0 Å². The minimum Gasteiger partial charge on any atom is -0.329 e. The summed E-state index contributed by atoms with van der Waals surface area (Å²) in [7, 11) is -3.21. The van der Waals surface area contributed by atoms with Crippen molar-refractivity contribution in [3.8, 4) is 0 Å². The number of rotatable bonds is 6. The second kappa shape index (κ2) is 6.16. The lowest BCUT2D eigenvalue weighted by atomic mass is 9.95. The van der Waals surface area contributed by atoms with Crippen LogP contribution in [0, 0.1) is 0 Å². The molecule has 0 saturated heterocycles. The van der Waals surface area contributed by atoms with Crippen molar-refractivity contribution in [1.82, 2.24) is 4.72 Å². The maximum Gasteiger partial charge on any atom is 0.215 e. The fourth-order valence-corrected chi connectivity index (χ4v) is 4.58. The van der Waals surface area contributed by atoms with E-state index in [9.17, 15) is 8.42 Å². The van der Waals surface area contributed by atoms with Crippen molar-refractivity contribution in [2.75, 3.05) is 6.54 Å². The molecule has 5 heteroatoms. The average molecular weight is 262 g/mol. The highest BCUT2D eigenvalue weighted by Gasteiger charge is 2.35. The van der Waals surface area contributed by atoms with Gasteiger partial charge in [0.05, 0.1) is 5.25 Å². The Balaban J connectivity index is 2.76. The Morgan fingerprint density at radius 2 is 1.71 bits per heavy atom. The van der Waals surface area contributed by atoms with E-state index >= 15 is 0 Å². The molecule has 0 atom stereocenters. The number of nitrogens with one attached hydrogen (secondary N) is 1. The zero-order valence-electron chi connectivity index (χ0n) is 11.0. The standard InChI is InChI=1S/C12H26N2O2S/c1-3-12(4-2,10-13)14-17(15,16)11-8-6-5-7-9-11/h11,14H,3-10,13H2,1-2H3. The molecule has 0 unspecified atom stereocenters. The van der Waals surface area contributed by atoms with Crippen LogP contribution >= 0.6 is 0 Å². The zero-order valence-corrected chi connectivity index (χ0v) is 11.9. The molecule has 0 aromatic rings. The van der Waals surface area contributed by atoms with Crippen LogP contribution in [0.2, 0.25) is 0 Å². The summed E-state index contributed by atoms with van der Waals surface area (Å²) in [6.07, 6.45) is 6.29. The molecule has 0 aliphatic heterocycles. The van der Waals surface area contributed by atoms with E-state index in [-0.39, 0.29) is 5.25 Å². The van der Waals surface area contributed by atoms with Gasteiger partial charge in [-0.2, -0.15) is 0 Å². The maximum atomic E-state index is 12.3. The van der Waals surface area contributed by atoms with Crippen LogP contribution in [0.1, 0.15) is 58.8 Å². The van der Waals surface area contributed by atoms with Crippen LogP contribution in [0.5, 0.6) is 0 Å². The van der Waals surface area contributed by atoms with Crippen LogP contribution in [0.4, 0.5) is 0 Å². The van der Waals surface area contributed by atoms with E-state index in [2.05, 4.69) is 4.72 Å². The summed E-state index contributed by atoms with van der Waals surface area (Å²) in [5.41, 5.74) is 5.29. The first-order chi connectivity index (χ1) is 7.99. The third-order valence-corrected chi connectivity index (χ3v) is 6.16. The number of nitrogens with two attached hydrogens (primary N) is 1. The molecule has 0 heterocycles. The molecule has 0 amide bonds. The smallest absolute Gasteiger partial charge is 0.215 e. The SMILES string of the molecule is CCC(CC)(CN)NS(=O)(=O)C1CCCCC1. The van der Waals surface area contributed by atoms with Gasteiger partial charge in [0.1, 0.15) is 0 Å². The van der Waals surface area contributed by atoms with Crippen molar-refractivity contribution in [1.29, 1.82) is 0 Å². The van der Waals surface area contributed by atoms with E-state index in [1.807, 2.05) is 13.8 Å². The summed E-state index contributed by atoms with van der Waals surface area (Å²) in [6, 6.07) is 0. The Kier molecular flexibility index (Phi) is 5.41. The Bertz CT molecular complexity index is 309. The second-order valence-corrected chi connectivity index (χ2v) is 7.06. The highest BCUT2D eigenvalue weighted by atomic mass is 32.2. The van der Waals surface area contributed by atoms with Gasteiger partial charge in [-0.1, -0.05) is 33.1 Å². The van der Waals surface area contributed by atoms with E-state index in [1.165, 1.54) is 0 Å². The average Bonchev–Trinajstić information content (AvgIpc) is 2.37. The monoisotopic (exact) mass is 262 g/mol. The molecule has 0 aromatic carbocycles. The van der Waals surface area contributed by atoms with Crippen molar-refractivity contribution in [2.45, 2.75) is 69.6 Å². The topological polar surface area (TPSA) is 72.2 Å². The van der Waals surface area contributed by atoms with E-state index in [1.54, 1.807) is 0 Å². The van der Waals surface area contributed by atoms with Crippen molar-refractivity contribution in [3.63, 3.8) is 0 Å². The van der Waals surface area contributed by atoms with Gasteiger partial charge in [-0.25, -0.2) is 13.1 Å². The fraction of sp³-hybridized carbons (Fsp3) is 1.00. The van der Waals surface area contributed by atoms with Gasteiger partial charge in [0.2, 0.25) is 10.0 Å². The van der Waals surface area contributed by atoms with Crippen molar-refractivity contribution in [2.24, 2.45) is 5.73 Å². The Morgan fingerprint density at radius 3 is 2.12 bits per heavy atom. The van der Waals surface area contributed by atoms with Gasteiger partial charge < -0.3 is 5.73 Å². The van der Waals surface area contributed by atoms with E-state index in [0.29, 0.717) is 6.54 Å². The third kappa shape index (κ3) is 3.66. The first-order valence-electron chi connectivity index (χ1n) is 6.72. The van der Waals surface area contributed by atoms with Crippen LogP contribution in [0.3, 0.4) is 0 Å². The third-order valence-electron chi connectivity index (χ3n) is 4.09. The van der Waals surface area contributed by atoms with Gasteiger partial charge in [-0.05, 0) is 25.7 Å². The van der Waals surface area contributed by atoms with Gasteiger partial charge in [-0.3, -0.25) is 0 Å². The zero-order chi connectivity index (χ0) is 12.9. The largest absolute Gasteiger partial charge is 0.329 e. The molecule has 0 radical (unpaired) electrons. The molecule has 1 rings (SSSR count). The van der Waals surface area contributed by atoms with Crippen LogP contribution in [0.25, 0.3) is 0 Å². The minimum absolute atomic E-state index is 0.208. The highest BCUT2D eigenvalue weighted by Crippen LogP contribution is 2.25. The molecule has 1 fully saturated rings. The molecule has 1 aliphatic rings. The molecule has 1 saturated carbocycles. The van der Waals surface area contributed by atoms with E-state index in [0.717, 1.165) is 44.9 Å². The van der Waals surface area contributed by atoms with Crippen molar-refractivity contribution >= 4 is 10.0 Å². The first kappa shape index (κ1) is 14.9. The number of hydrogen-bond donors (Lipinski definition) is 2. The van der Waals surface area contributed by atoms with Crippen LogP contribution in [-0.4, -0.2) is 25.8 Å². The van der Waals surface area contributed by atoms with Crippen LogP contribution in [-0.2, 0) is 10.0 Å². The molecule has 17 heavy (non-hydrogen) atoms. The molecule has 1 aliphatic carbocycles. The van der Waals surface area contributed by atoms with Crippen molar-refractivity contribution < 1.29 is 8.42 Å². The predicted octanol–water partition coefficient (Wildman–Crippen LogP) is 1.76. The first-order valence-corrected chi connectivity index (χ1v) is 8.27. The molecule has 102 valence electrons. The molecule has 0 bridgehead atoms. The van der Waals surface area contributed by atoms with Crippen LogP contribution in [0.15, 0.2) is 0 Å². The van der Waals surface area contributed by atoms with Crippen LogP contribution < -0.4 is 10.5 Å². The Morgan fingerprint density at radius 1 is 1.18 bits per heavy atom. The van der Waals surface area contributed by atoms with Gasteiger partial charge in [0.15, 0.2) is 0 Å². The molecule has 4 nitrogen and oxygen atoms in total. The van der Waals surface area contributed by atoms with Gasteiger partial charge >= 0.3 is 0 Å². The molecule has 3 N–H and O–H groups in total. The quantitative estimate of drug-likeness (QED) is 0.766.